The van der Waals surface area contributed by atoms with Gasteiger partial charge in [0.2, 0.25) is 0 Å². The fourth-order valence-corrected chi connectivity index (χ4v) is 6.07. The Morgan fingerprint density at radius 2 is 0.896 bits per heavy atom. The summed E-state index contributed by atoms with van der Waals surface area (Å²) in [6.07, 6.45) is 0. The van der Waals surface area contributed by atoms with Crippen LogP contribution in [0.4, 0.5) is 0 Å². The number of hydrogen-bond donors (Lipinski definition) is 0. The molecule has 2 aromatic heterocycles. The van der Waals surface area contributed by atoms with Crippen LogP contribution in [-0.4, -0.2) is 54.2 Å². The Labute approximate surface area is 284 Å². The minimum absolute atomic E-state index is 0.173. The summed E-state index contributed by atoms with van der Waals surface area (Å²) in [4.78, 5) is 14.8. The smallest absolute Gasteiger partial charge is 0.167 e. The summed E-state index contributed by atoms with van der Waals surface area (Å²) >= 11 is 0. The predicted octanol–water partition coefficient (Wildman–Crippen LogP) is 4.08. The van der Waals surface area contributed by atoms with Crippen molar-refractivity contribution < 1.29 is 4.42 Å². The molecule has 8 aromatic rings. The molecular weight excluding hydrogens is 581 g/mol. The van der Waals surface area contributed by atoms with E-state index < -0.39 is 0 Å². The van der Waals surface area contributed by atoms with Crippen LogP contribution in [-0.2, 0) is 0 Å². The molecule has 0 saturated heterocycles. The Morgan fingerprint density at radius 3 is 1.54 bits per heavy atom. The highest BCUT2D eigenvalue weighted by molar-refractivity contribution is 6.68. The monoisotopic (exact) mass is 601 g/mol. The maximum Gasteiger partial charge on any atom is 0.167 e. The van der Waals surface area contributed by atoms with Crippen LogP contribution in [0.5, 0.6) is 0 Å². The molecule has 0 spiro atoms. The normalized spacial score (nSPS) is 11.3. The van der Waals surface area contributed by atoms with E-state index in [4.69, 9.17) is 58.6 Å². The van der Waals surface area contributed by atoms with E-state index in [0.29, 0.717) is 34.2 Å². The number of benzene rings is 6. The van der Waals surface area contributed by atoms with Crippen molar-refractivity contribution in [2.24, 2.45) is 0 Å². The standard InChI is InChI=1S/C39H20B5N3O/c40-31-30(32(41)34(43)35(44)33(31)42)25-18-19-29-28(20-25)26-12-7-13-27(36(26)48-29)39-46-37(23-10-5-2-6-11-23)45-38(47-39)24-16-14-22(15-17-24)21-8-3-1-4-9-21/h1-20H. The molecule has 0 amide bonds. The predicted molar refractivity (Wildman–Crippen MR) is 201 cm³/mol. The lowest BCUT2D eigenvalue weighted by Gasteiger charge is -2.21. The molecular formula is C39H20B5N3O. The van der Waals surface area contributed by atoms with Gasteiger partial charge in [-0.25, -0.2) is 15.0 Å². The number of para-hydroxylation sites is 1. The number of hydrogen-bond acceptors (Lipinski definition) is 4. The first kappa shape index (κ1) is 29.8. The molecule has 4 nitrogen and oxygen atoms in total. The number of rotatable bonds is 5. The highest BCUT2D eigenvalue weighted by atomic mass is 16.3. The second kappa shape index (κ2) is 11.9. The maximum atomic E-state index is 6.48. The van der Waals surface area contributed by atoms with E-state index in [1.807, 2.05) is 97.1 Å². The summed E-state index contributed by atoms with van der Waals surface area (Å²) in [6, 6.07) is 40.0. The van der Waals surface area contributed by atoms with Crippen molar-refractivity contribution in [2.45, 2.75) is 0 Å². The molecule has 0 unspecified atom stereocenters. The lowest BCUT2D eigenvalue weighted by Crippen LogP contribution is -2.55. The van der Waals surface area contributed by atoms with Gasteiger partial charge in [-0.1, -0.05) is 114 Å². The zero-order chi connectivity index (χ0) is 32.9. The van der Waals surface area contributed by atoms with Gasteiger partial charge in [-0.2, -0.15) is 0 Å². The van der Waals surface area contributed by atoms with E-state index >= 15 is 0 Å². The van der Waals surface area contributed by atoms with Gasteiger partial charge in [-0.15, -0.1) is 16.4 Å². The van der Waals surface area contributed by atoms with E-state index in [-0.39, 0.29) is 27.3 Å². The fraction of sp³-hybridized carbons (Fsp3) is 0. The van der Waals surface area contributed by atoms with Crippen molar-refractivity contribution >= 4 is 88.5 Å². The summed E-state index contributed by atoms with van der Waals surface area (Å²) in [5.41, 5.74) is 8.41. The van der Waals surface area contributed by atoms with Crippen LogP contribution in [0, 0.1) is 0 Å². The molecule has 0 aliphatic rings. The molecule has 0 aliphatic carbocycles. The average Bonchev–Trinajstić information content (AvgIpc) is 3.52. The minimum atomic E-state index is 0.173. The van der Waals surface area contributed by atoms with Gasteiger partial charge >= 0.3 is 0 Å². The Hall–Kier alpha value is -5.55. The first-order valence-corrected chi connectivity index (χ1v) is 15.3. The molecule has 212 valence electrons. The van der Waals surface area contributed by atoms with Crippen LogP contribution in [0.15, 0.2) is 126 Å². The van der Waals surface area contributed by atoms with Gasteiger partial charge in [0.25, 0.3) is 0 Å². The lowest BCUT2D eigenvalue weighted by atomic mass is 9.59. The molecule has 9 heteroatoms. The summed E-state index contributed by atoms with van der Waals surface area (Å²) in [7, 11) is 31.2. The van der Waals surface area contributed by atoms with Gasteiger partial charge in [-0.05, 0) is 40.5 Å². The molecule has 48 heavy (non-hydrogen) atoms. The molecule has 8 rings (SSSR count). The first-order valence-electron chi connectivity index (χ1n) is 15.3. The fourth-order valence-electron chi connectivity index (χ4n) is 6.07. The van der Waals surface area contributed by atoms with Crippen molar-refractivity contribution in [1.82, 2.24) is 15.0 Å². The number of furan rings is 1. The molecule has 6 aromatic carbocycles. The summed E-state index contributed by atoms with van der Waals surface area (Å²) < 4.78 is 6.48. The molecule has 10 radical (unpaired) electrons. The van der Waals surface area contributed by atoms with E-state index in [1.54, 1.807) is 0 Å². The summed E-state index contributed by atoms with van der Waals surface area (Å²) in [6.45, 7) is 0. The van der Waals surface area contributed by atoms with Crippen molar-refractivity contribution in [2.75, 3.05) is 0 Å². The average molecular weight is 601 g/mol. The molecule has 0 N–H and O–H groups in total. The molecule has 0 fully saturated rings. The van der Waals surface area contributed by atoms with Crippen molar-refractivity contribution in [3.63, 3.8) is 0 Å². The Kier molecular flexibility index (Phi) is 7.41. The van der Waals surface area contributed by atoms with Crippen LogP contribution < -0.4 is 27.3 Å². The van der Waals surface area contributed by atoms with Crippen LogP contribution in [0.1, 0.15) is 0 Å². The third kappa shape index (κ3) is 5.07. The zero-order valence-corrected chi connectivity index (χ0v) is 25.7. The third-order valence-electron chi connectivity index (χ3n) is 8.64. The van der Waals surface area contributed by atoms with Crippen LogP contribution in [0.25, 0.3) is 78.4 Å². The zero-order valence-electron chi connectivity index (χ0n) is 25.7. The second-order valence-corrected chi connectivity index (χ2v) is 11.6. The van der Waals surface area contributed by atoms with Crippen molar-refractivity contribution in [3.8, 4) is 56.4 Å². The van der Waals surface area contributed by atoms with E-state index in [2.05, 4.69) is 24.3 Å². The minimum Gasteiger partial charge on any atom is -0.455 e. The van der Waals surface area contributed by atoms with Gasteiger partial charge in [-0.3, -0.25) is 0 Å². The van der Waals surface area contributed by atoms with E-state index in [9.17, 15) is 0 Å². The summed E-state index contributed by atoms with van der Waals surface area (Å²) in [5.74, 6) is 1.60. The molecule has 0 bridgehead atoms. The van der Waals surface area contributed by atoms with Gasteiger partial charge < -0.3 is 4.42 Å². The molecule has 2 heterocycles. The Balaban J connectivity index is 1.29. The number of aromatic nitrogens is 3. The van der Waals surface area contributed by atoms with E-state index in [1.165, 1.54) is 0 Å². The maximum absolute atomic E-state index is 6.48. The number of nitrogens with zero attached hydrogens (tertiary/aromatic N) is 3. The lowest BCUT2D eigenvalue weighted by molar-refractivity contribution is 0.669. The highest BCUT2D eigenvalue weighted by Gasteiger charge is 2.19. The molecule has 0 saturated carbocycles. The van der Waals surface area contributed by atoms with Gasteiger partial charge in [0.15, 0.2) is 17.5 Å². The first-order chi connectivity index (χ1) is 23.4. The molecule has 0 aliphatic heterocycles. The summed E-state index contributed by atoms with van der Waals surface area (Å²) in [5, 5.41) is 1.72. The topological polar surface area (TPSA) is 51.8 Å². The molecule has 0 atom stereocenters. The quantitative estimate of drug-likeness (QED) is 0.280. The third-order valence-corrected chi connectivity index (χ3v) is 8.64. The van der Waals surface area contributed by atoms with Crippen molar-refractivity contribution in [3.05, 3.63) is 121 Å². The van der Waals surface area contributed by atoms with Crippen LogP contribution in [0.3, 0.4) is 0 Å². The van der Waals surface area contributed by atoms with Crippen molar-refractivity contribution in [1.29, 1.82) is 0 Å². The number of fused-ring (bicyclic) bond motifs is 3. The van der Waals surface area contributed by atoms with Crippen LogP contribution in [0.2, 0.25) is 0 Å². The van der Waals surface area contributed by atoms with Gasteiger partial charge in [0.05, 0.1) is 5.56 Å². The Morgan fingerprint density at radius 1 is 0.396 bits per heavy atom. The largest absolute Gasteiger partial charge is 0.455 e. The van der Waals surface area contributed by atoms with Gasteiger partial charge in [0, 0.05) is 21.9 Å². The van der Waals surface area contributed by atoms with Gasteiger partial charge in [0.1, 0.15) is 50.4 Å². The SMILES string of the molecule is [B]c1c([B])c([B])c(-c2ccc3oc4c(-c5nc(-c6ccccc6)nc(-c6ccc(-c7ccccc7)cc6)n5)cccc4c3c2)c([B])c1[B]. The highest BCUT2D eigenvalue weighted by Crippen LogP contribution is 2.37. The second-order valence-electron chi connectivity index (χ2n) is 11.6. The van der Waals surface area contributed by atoms with Crippen LogP contribution >= 0.6 is 0 Å². The Bertz CT molecular complexity index is 2470. The van der Waals surface area contributed by atoms with E-state index in [0.717, 1.165) is 44.2 Å².